The maximum atomic E-state index is 11.3. The van der Waals surface area contributed by atoms with Crippen LogP contribution in [0.1, 0.15) is 18.0 Å². The molecule has 0 spiro atoms. The van der Waals surface area contributed by atoms with E-state index >= 15 is 0 Å². The monoisotopic (exact) mass is 303 g/mol. The zero-order valence-electron chi connectivity index (χ0n) is 11.6. The van der Waals surface area contributed by atoms with E-state index in [1.54, 1.807) is 27.4 Å². The number of methoxy groups -OCH3 is 3. The van der Waals surface area contributed by atoms with Gasteiger partial charge in [0.05, 0.1) is 34.0 Å². The Hall–Kier alpha value is -1.82. The number of hydrogen-bond donors (Lipinski definition) is 1. The average molecular weight is 304 g/mol. The number of cyclic esters (lactones) is 1. The zero-order chi connectivity index (χ0) is 13.8. The molecule has 0 radical (unpaired) electrons. The first-order chi connectivity index (χ1) is 9.19. The van der Waals surface area contributed by atoms with E-state index in [4.69, 9.17) is 18.9 Å². The number of halogens is 1. The molecule has 0 unspecified atom stereocenters. The smallest absolute Gasteiger partial charge is 0.407 e. The van der Waals surface area contributed by atoms with Crippen LogP contribution in [0.4, 0.5) is 4.79 Å². The van der Waals surface area contributed by atoms with E-state index in [1.807, 2.05) is 6.07 Å². The first-order valence-electron chi connectivity index (χ1n) is 5.92. The fourth-order valence-electron chi connectivity index (χ4n) is 2.08. The van der Waals surface area contributed by atoms with Crippen molar-refractivity contribution in [1.82, 2.24) is 5.32 Å². The summed E-state index contributed by atoms with van der Waals surface area (Å²) in [6, 6.07) is 3.40. The number of carbonyl (C=O) groups is 1. The molecule has 1 aliphatic heterocycles. The lowest BCUT2D eigenvalue weighted by Crippen LogP contribution is -2.35. The molecule has 1 heterocycles. The topological polar surface area (TPSA) is 66.0 Å². The van der Waals surface area contributed by atoms with Crippen LogP contribution in [0.5, 0.6) is 17.2 Å². The highest BCUT2D eigenvalue weighted by molar-refractivity contribution is 5.85. The average Bonchev–Trinajstić information content (AvgIpc) is 2.45. The van der Waals surface area contributed by atoms with Gasteiger partial charge >= 0.3 is 6.09 Å². The summed E-state index contributed by atoms with van der Waals surface area (Å²) in [5.41, 5.74) is 0.844. The highest BCUT2D eigenvalue weighted by Gasteiger charge is 2.25. The lowest BCUT2D eigenvalue weighted by Gasteiger charge is -2.25. The molecule has 112 valence electrons. The number of rotatable bonds is 4. The highest BCUT2D eigenvalue weighted by Crippen LogP contribution is 2.38. The van der Waals surface area contributed by atoms with Gasteiger partial charge in [0.2, 0.25) is 0 Å². The number of amides is 1. The molecule has 0 bridgehead atoms. The number of benzene rings is 1. The molecule has 2 rings (SSSR count). The minimum Gasteiger partial charge on any atom is -0.496 e. The van der Waals surface area contributed by atoms with Crippen LogP contribution < -0.4 is 19.5 Å². The molecule has 1 fully saturated rings. The second kappa shape index (κ2) is 7.09. The lowest BCUT2D eigenvalue weighted by atomic mass is 10.0. The summed E-state index contributed by atoms with van der Waals surface area (Å²) in [6.45, 7) is 0.383. The van der Waals surface area contributed by atoms with Crippen LogP contribution in [0.25, 0.3) is 0 Å². The van der Waals surface area contributed by atoms with Gasteiger partial charge in [-0.05, 0) is 6.07 Å². The van der Waals surface area contributed by atoms with Crippen molar-refractivity contribution >= 4 is 18.5 Å². The molecule has 1 aliphatic rings. The Bertz CT molecular complexity index is 480. The molecule has 1 saturated heterocycles. The highest BCUT2D eigenvalue weighted by atomic mass is 35.5. The van der Waals surface area contributed by atoms with Gasteiger partial charge in [-0.25, -0.2) is 4.79 Å². The third-order valence-corrected chi connectivity index (χ3v) is 3.04. The maximum Gasteiger partial charge on any atom is 0.407 e. The van der Waals surface area contributed by atoms with Crippen LogP contribution >= 0.6 is 12.4 Å². The van der Waals surface area contributed by atoms with Gasteiger partial charge in [0, 0.05) is 18.1 Å². The van der Waals surface area contributed by atoms with E-state index < -0.39 is 6.09 Å². The largest absolute Gasteiger partial charge is 0.496 e. The Labute approximate surface area is 123 Å². The van der Waals surface area contributed by atoms with E-state index in [2.05, 4.69) is 5.32 Å². The van der Waals surface area contributed by atoms with Crippen molar-refractivity contribution in [2.45, 2.75) is 12.5 Å². The van der Waals surface area contributed by atoms with Crippen LogP contribution in [0, 0.1) is 0 Å². The van der Waals surface area contributed by atoms with Crippen molar-refractivity contribution in [3.63, 3.8) is 0 Å². The summed E-state index contributed by atoms with van der Waals surface area (Å²) in [5, 5.41) is 2.76. The Kier molecular flexibility index (Phi) is 5.76. The Balaban J connectivity index is 0.00000200. The van der Waals surface area contributed by atoms with Gasteiger partial charge in [0.15, 0.2) is 11.5 Å². The van der Waals surface area contributed by atoms with Gasteiger partial charge in [0.25, 0.3) is 0 Å². The van der Waals surface area contributed by atoms with Crippen LogP contribution in [0.2, 0.25) is 0 Å². The molecular weight excluding hydrogens is 286 g/mol. The lowest BCUT2D eigenvalue weighted by molar-refractivity contribution is 0.115. The van der Waals surface area contributed by atoms with E-state index in [9.17, 15) is 4.79 Å². The van der Waals surface area contributed by atoms with Crippen LogP contribution in [0.15, 0.2) is 12.1 Å². The second-order valence-corrected chi connectivity index (χ2v) is 4.07. The van der Waals surface area contributed by atoms with Crippen LogP contribution in [0.3, 0.4) is 0 Å². The summed E-state index contributed by atoms with van der Waals surface area (Å²) in [4.78, 5) is 11.3. The SMILES string of the molecule is COc1cc(OC)c([C@H]2CCOC(=O)N2)cc1OC.Cl. The van der Waals surface area contributed by atoms with Crippen molar-refractivity contribution in [1.29, 1.82) is 0 Å². The summed E-state index contributed by atoms with van der Waals surface area (Å²) in [6.07, 6.45) is 0.255. The predicted molar refractivity (Wildman–Crippen MR) is 75.2 cm³/mol. The summed E-state index contributed by atoms with van der Waals surface area (Å²) in [5.74, 6) is 1.82. The first kappa shape index (κ1) is 16.2. The molecule has 1 aromatic rings. The number of ether oxygens (including phenoxy) is 4. The third-order valence-electron chi connectivity index (χ3n) is 3.04. The van der Waals surface area contributed by atoms with E-state index in [0.29, 0.717) is 30.3 Å². The van der Waals surface area contributed by atoms with Crippen LogP contribution in [-0.2, 0) is 4.74 Å². The molecule has 6 nitrogen and oxygen atoms in total. The zero-order valence-corrected chi connectivity index (χ0v) is 12.4. The Morgan fingerprint density at radius 1 is 1.10 bits per heavy atom. The summed E-state index contributed by atoms with van der Waals surface area (Å²) < 4.78 is 20.7. The van der Waals surface area contributed by atoms with Crippen LogP contribution in [-0.4, -0.2) is 34.0 Å². The molecule has 0 aliphatic carbocycles. The molecular formula is C13H18ClNO5. The van der Waals surface area contributed by atoms with Gasteiger partial charge in [-0.2, -0.15) is 0 Å². The summed E-state index contributed by atoms with van der Waals surface area (Å²) >= 11 is 0. The van der Waals surface area contributed by atoms with Gasteiger partial charge in [-0.3, -0.25) is 0 Å². The third kappa shape index (κ3) is 3.19. The molecule has 20 heavy (non-hydrogen) atoms. The molecule has 7 heteroatoms. The van der Waals surface area contributed by atoms with Crippen molar-refractivity contribution in [3.8, 4) is 17.2 Å². The fraction of sp³-hybridized carbons (Fsp3) is 0.462. The maximum absolute atomic E-state index is 11.3. The minimum absolute atomic E-state index is 0. The van der Waals surface area contributed by atoms with E-state index in [-0.39, 0.29) is 18.4 Å². The second-order valence-electron chi connectivity index (χ2n) is 4.07. The minimum atomic E-state index is -0.423. The van der Waals surface area contributed by atoms with Crippen molar-refractivity contribution < 1.29 is 23.7 Å². The summed E-state index contributed by atoms with van der Waals surface area (Å²) in [7, 11) is 4.70. The molecule has 1 atom stereocenters. The fourth-order valence-corrected chi connectivity index (χ4v) is 2.08. The first-order valence-corrected chi connectivity index (χ1v) is 5.92. The number of alkyl carbamates (subject to hydrolysis) is 1. The van der Waals surface area contributed by atoms with Gasteiger partial charge in [0.1, 0.15) is 5.75 Å². The Morgan fingerprint density at radius 3 is 2.25 bits per heavy atom. The van der Waals surface area contributed by atoms with Crippen molar-refractivity contribution in [3.05, 3.63) is 17.7 Å². The number of nitrogens with one attached hydrogen (secondary N) is 1. The van der Waals surface area contributed by atoms with Crippen molar-refractivity contribution in [2.75, 3.05) is 27.9 Å². The van der Waals surface area contributed by atoms with Gasteiger partial charge in [-0.1, -0.05) is 0 Å². The van der Waals surface area contributed by atoms with E-state index in [0.717, 1.165) is 5.56 Å². The standard InChI is InChI=1S/C13H17NO5.ClH/c1-16-10-7-12(18-3)11(17-2)6-8(10)9-4-5-19-13(15)14-9;/h6-7,9H,4-5H2,1-3H3,(H,14,15);1H/t9-;/m1./s1. The quantitative estimate of drug-likeness (QED) is 0.924. The van der Waals surface area contributed by atoms with Crippen molar-refractivity contribution in [2.24, 2.45) is 0 Å². The number of carbonyl (C=O) groups excluding carboxylic acids is 1. The predicted octanol–water partition coefficient (Wildman–Crippen LogP) is 2.31. The molecule has 1 aromatic carbocycles. The molecule has 0 aromatic heterocycles. The molecule has 1 amide bonds. The normalized spacial score (nSPS) is 17.4. The Morgan fingerprint density at radius 2 is 1.70 bits per heavy atom. The van der Waals surface area contributed by atoms with Gasteiger partial charge in [-0.15, -0.1) is 12.4 Å². The number of hydrogen-bond acceptors (Lipinski definition) is 5. The van der Waals surface area contributed by atoms with E-state index in [1.165, 1.54) is 0 Å². The molecule has 0 saturated carbocycles. The van der Waals surface area contributed by atoms with Gasteiger partial charge < -0.3 is 24.3 Å². The molecule has 1 N–H and O–H groups in total.